The minimum Gasteiger partial charge on any atom is -0.465 e. The number of hydrogen-bond acceptors (Lipinski definition) is 6. The Labute approximate surface area is 158 Å². The summed E-state index contributed by atoms with van der Waals surface area (Å²) in [4.78, 5) is 13.5. The summed E-state index contributed by atoms with van der Waals surface area (Å²) in [5.41, 5.74) is 7.14. The summed E-state index contributed by atoms with van der Waals surface area (Å²) in [6, 6.07) is 7.11. The molecule has 1 aliphatic rings. The Kier molecular flexibility index (Phi) is 4.65. The Balaban J connectivity index is 2.28. The van der Waals surface area contributed by atoms with Crippen LogP contribution in [0.5, 0.6) is 5.75 Å². The lowest BCUT2D eigenvalue weighted by molar-refractivity contribution is 0.0597. The molecule has 0 bridgehead atoms. The molecule has 1 aromatic heterocycles. The van der Waals surface area contributed by atoms with Gasteiger partial charge in [-0.05, 0) is 24.6 Å². The lowest BCUT2D eigenvalue weighted by Crippen LogP contribution is -2.21. The number of nitriles is 1. The normalized spacial score (nSPS) is 16.0. The zero-order chi connectivity index (χ0) is 18.3. The van der Waals surface area contributed by atoms with Gasteiger partial charge in [-0.2, -0.15) is 5.26 Å². The first-order chi connectivity index (χ1) is 11.9. The number of nitrogens with zero attached hydrogens (tertiary/aromatic N) is 1. The Morgan fingerprint density at radius 3 is 2.76 bits per heavy atom. The number of esters is 1. The van der Waals surface area contributed by atoms with Gasteiger partial charge in [-0.15, -0.1) is 11.3 Å². The van der Waals surface area contributed by atoms with E-state index >= 15 is 0 Å². The molecule has 1 aliphatic heterocycles. The quantitative estimate of drug-likeness (QED) is 0.764. The van der Waals surface area contributed by atoms with Crippen molar-refractivity contribution in [2.45, 2.75) is 12.8 Å². The monoisotopic (exact) mass is 394 g/mol. The highest BCUT2D eigenvalue weighted by Crippen LogP contribution is 2.50. The van der Waals surface area contributed by atoms with E-state index in [1.54, 1.807) is 25.1 Å². The van der Waals surface area contributed by atoms with Crippen LogP contribution in [-0.2, 0) is 4.74 Å². The van der Waals surface area contributed by atoms with Gasteiger partial charge in [0.1, 0.15) is 17.2 Å². The van der Waals surface area contributed by atoms with Crippen molar-refractivity contribution in [3.63, 3.8) is 0 Å². The third kappa shape index (κ3) is 2.85. The van der Waals surface area contributed by atoms with Gasteiger partial charge >= 0.3 is 5.97 Å². The molecule has 5 nitrogen and oxygen atoms in total. The number of rotatable bonds is 2. The molecule has 2 N–H and O–H groups in total. The standard InChI is InChI=1S/C17H12Cl2N2O3S/c1-7-12(17(22)23-2)14-15(25-7)13(10(6-20)16(21)24-14)9-4-3-8(18)5-11(9)19/h3-5,13H,21H2,1-2H3/t13-/m0/s1. The number of aryl methyl sites for hydroxylation is 1. The van der Waals surface area contributed by atoms with E-state index in [1.807, 2.05) is 0 Å². The zero-order valence-electron chi connectivity index (χ0n) is 13.2. The van der Waals surface area contributed by atoms with Crippen LogP contribution in [0.3, 0.4) is 0 Å². The molecule has 0 radical (unpaired) electrons. The number of nitrogens with two attached hydrogens (primary N) is 1. The highest BCUT2D eigenvalue weighted by atomic mass is 35.5. The van der Waals surface area contributed by atoms with Gasteiger partial charge in [0.05, 0.1) is 17.9 Å². The molecule has 8 heteroatoms. The van der Waals surface area contributed by atoms with Gasteiger partial charge in [-0.3, -0.25) is 0 Å². The molecule has 25 heavy (non-hydrogen) atoms. The molecule has 0 saturated heterocycles. The van der Waals surface area contributed by atoms with Gasteiger partial charge in [-0.1, -0.05) is 29.3 Å². The molecule has 2 heterocycles. The van der Waals surface area contributed by atoms with Crippen molar-refractivity contribution in [2.75, 3.05) is 7.11 Å². The third-order valence-electron chi connectivity index (χ3n) is 3.88. The number of methoxy groups -OCH3 is 1. The molecule has 3 rings (SSSR count). The van der Waals surface area contributed by atoms with E-state index in [0.29, 0.717) is 36.7 Å². The summed E-state index contributed by atoms with van der Waals surface area (Å²) in [5.74, 6) is -0.819. The van der Waals surface area contributed by atoms with Gasteiger partial charge in [0.15, 0.2) is 5.75 Å². The molecule has 1 atom stereocenters. The fourth-order valence-corrected chi connectivity index (χ4v) is 4.49. The molecule has 0 saturated carbocycles. The van der Waals surface area contributed by atoms with Crippen molar-refractivity contribution < 1.29 is 14.3 Å². The van der Waals surface area contributed by atoms with Crippen LogP contribution in [0.4, 0.5) is 0 Å². The fourth-order valence-electron chi connectivity index (χ4n) is 2.77. The van der Waals surface area contributed by atoms with Crippen molar-refractivity contribution in [2.24, 2.45) is 5.73 Å². The second-order valence-corrected chi connectivity index (χ2v) is 7.41. The molecule has 0 amide bonds. The van der Waals surface area contributed by atoms with E-state index in [4.69, 9.17) is 38.4 Å². The highest BCUT2D eigenvalue weighted by Gasteiger charge is 2.37. The number of carbonyl (C=O) groups is 1. The van der Waals surface area contributed by atoms with Crippen LogP contribution in [0, 0.1) is 18.3 Å². The van der Waals surface area contributed by atoms with E-state index in [1.165, 1.54) is 18.4 Å². The highest BCUT2D eigenvalue weighted by molar-refractivity contribution is 7.12. The Morgan fingerprint density at radius 1 is 1.44 bits per heavy atom. The summed E-state index contributed by atoms with van der Waals surface area (Å²) >= 11 is 13.7. The van der Waals surface area contributed by atoms with E-state index in [-0.39, 0.29) is 11.5 Å². The second kappa shape index (κ2) is 6.60. The van der Waals surface area contributed by atoms with Crippen LogP contribution in [0.25, 0.3) is 0 Å². The SMILES string of the molecule is COC(=O)c1c(C)sc2c1OC(N)=C(C#N)[C@@H]2c1ccc(Cl)cc1Cl. The Morgan fingerprint density at radius 2 is 2.16 bits per heavy atom. The second-order valence-electron chi connectivity index (χ2n) is 5.31. The van der Waals surface area contributed by atoms with E-state index < -0.39 is 11.9 Å². The van der Waals surface area contributed by atoms with Crippen LogP contribution >= 0.6 is 34.5 Å². The number of ether oxygens (including phenoxy) is 2. The summed E-state index contributed by atoms with van der Waals surface area (Å²) in [6.45, 7) is 1.78. The summed E-state index contributed by atoms with van der Waals surface area (Å²) in [7, 11) is 1.29. The van der Waals surface area contributed by atoms with Crippen molar-refractivity contribution >= 4 is 40.5 Å². The first-order valence-corrected chi connectivity index (χ1v) is 8.70. The number of halogens is 2. The first kappa shape index (κ1) is 17.6. The minimum atomic E-state index is -0.541. The predicted molar refractivity (Wildman–Crippen MR) is 96.2 cm³/mol. The molecule has 2 aromatic rings. The largest absolute Gasteiger partial charge is 0.465 e. The van der Waals surface area contributed by atoms with Gasteiger partial charge < -0.3 is 15.2 Å². The van der Waals surface area contributed by atoms with E-state index in [9.17, 15) is 10.1 Å². The number of carbonyl (C=O) groups excluding carboxylic acids is 1. The number of hydrogen-bond donors (Lipinski definition) is 1. The van der Waals surface area contributed by atoms with Gasteiger partial charge in [0.25, 0.3) is 0 Å². The number of thiophene rings is 1. The predicted octanol–water partition coefficient (Wildman–Crippen LogP) is 4.37. The molecule has 128 valence electrons. The van der Waals surface area contributed by atoms with Crippen LogP contribution < -0.4 is 10.5 Å². The summed E-state index contributed by atoms with van der Waals surface area (Å²) < 4.78 is 10.4. The average molecular weight is 395 g/mol. The molecular formula is C17H12Cl2N2O3S. The van der Waals surface area contributed by atoms with Gasteiger partial charge in [-0.25, -0.2) is 4.79 Å². The molecule has 1 aromatic carbocycles. The molecular weight excluding hydrogens is 383 g/mol. The lowest BCUT2D eigenvalue weighted by atomic mass is 9.88. The van der Waals surface area contributed by atoms with Crippen molar-refractivity contribution in [3.05, 3.63) is 60.6 Å². The maximum absolute atomic E-state index is 12.1. The Bertz CT molecular complexity index is 960. The van der Waals surface area contributed by atoms with Gasteiger partial charge in [0, 0.05) is 14.9 Å². The van der Waals surface area contributed by atoms with Crippen molar-refractivity contribution in [1.29, 1.82) is 5.26 Å². The van der Waals surface area contributed by atoms with Crippen LogP contribution in [0.15, 0.2) is 29.7 Å². The number of allylic oxidation sites excluding steroid dienone is 1. The zero-order valence-corrected chi connectivity index (χ0v) is 15.6. The van der Waals surface area contributed by atoms with E-state index in [2.05, 4.69) is 6.07 Å². The van der Waals surface area contributed by atoms with Crippen molar-refractivity contribution in [3.8, 4) is 11.8 Å². The third-order valence-corrected chi connectivity index (χ3v) is 5.59. The summed E-state index contributed by atoms with van der Waals surface area (Å²) in [5, 5.41) is 10.5. The van der Waals surface area contributed by atoms with Crippen LogP contribution in [0.1, 0.15) is 31.6 Å². The minimum absolute atomic E-state index is 0.0611. The molecule has 0 unspecified atom stereocenters. The topological polar surface area (TPSA) is 85.3 Å². The maximum Gasteiger partial charge on any atom is 0.342 e. The van der Waals surface area contributed by atoms with Gasteiger partial charge in [0.2, 0.25) is 5.88 Å². The molecule has 0 fully saturated rings. The van der Waals surface area contributed by atoms with E-state index in [0.717, 1.165) is 0 Å². The number of benzene rings is 1. The lowest BCUT2D eigenvalue weighted by Gasteiger charge is -2.24. The smallest absolute Gasteiger partial charge is 0.342 e. The summed E-state index contributed by atoms with van der Waals surface area (Å²) in [6.07, 6.45) is 0. The first-order valence-electron chi connectivity index (χ1n) is 7.13. The molecule has 0 aliphatic carbocycles. The van der Waals surface area contributed by atoms with Crippen molar-refractivity contribution in [1.82, 2.24) is 0 Å². The molecule has 0 spiro atoms. The Hall–Kier alpha value is -2.20. The van der Waals surface area contributed by atoms with Crippen LogP contribution in [-0.4, -0.2) is 13.1 Å². The maximum atomic E-state index is 12.1. The number of fused-ring (bicyclic) bond motifs is 1. The fraction of sp³-hybridized carbons (Fsp3) is 0.176. The van der Waals surface area contributed by atoms with Crippen LogP contribution in [0.2, 0.25) is 10.0 Å². The average Bonchev–Trinajstić information content (AvgIpc) is 2.89.